The normalized spacial score (nSPS) is 11.6. The molecular formula is C13H11ClN2OS. The largest absolute Gasteiger partial charge is 0.301 e. The molecule has 3 nitrogen and oxygen atoms in total. The number of hydrogen-bond acceptors (Lipinski definition) is 3. The average molecular weight is 279 g/mol. The molecule has 0 saturated carbocycles. The van der Waals surface area contributed by atoms with Gasteiger partial charge in [-0.15, -0.1) is 0 Å². The molecule has 0 fully saturated rings. The number of benzene rings is 1. The van der Waals surface area contributed by atoms with E-state index in [0.717, 1.165) is 5.56 Å². The molecule has 0 unspecified atom stereocenters. The molecule has 2 aromatic rings. The second-order valence-electron chi connectivity index (χ2n) is 3.54. The molecular weight excluding hydrogens is 268 g/mol. The Hall–Kier alpha value is -1.52. The van der Waals surface area contributed by atoms with E-state index in [-0.39, 0.29) is 5.56 Å². The Morgan fingerprint density at radius 1 is 1.39 bits per heavy atom. The van der Waals surface area contributed by atoms with Gasteiger partial charge in [0.25, 0.3) is 5.56 Å². The highest BCUT2D eigenvalue weighted by molar-refractivity contribution is 7.98. The second kappa shape index (κ2) is 5.89. The number of nitrogens with zero attached hydrogens (tertiary/aromatic N) is 1. The van der Waals surface area contributed by atoms with E-state index in [4.69, 9.17) is 11.6 Å². The Bertz CT molecular complexity index is 622. The second-order valence-corrected chi connectivity index (χ2v) is 4.75. The Morgan fingerprint density at radius 3 is 2.78 bits per heavy atom. The van der Waals surface area contributed by atoms with E-state index in [9.17, 15) is 4.79 Å². The van der Waals surface area contributed by atoms with E-state index < -0.39 is 0 Å². The van der Waals surface area contributed by atoms with Crippen LogP contribution in [0, 0.1) is 0 Å². The van der Waals surface area contributed by atoms with Crippen molar-refractivity contribution in [2.75, 3.05) is 6.26 Å². The van der Waals surface area contributed by atoms with E-state index in [1.165, 1.54) is 17.8 Å². The lowest BCUT2D eigenvalue weighted by atomic mass is 10.2. The van der Waals surface area contributed by atoms with Crippen molar-refractivity contribution in [3.8, 4) is 0 Å². The van der Waals surface area contributed by atoms with Crippen LogP contribution in [0.25, 0.3) is 11.1 Å². The van der Waals surface area contributed by atoms with Crippen LogP contribution in [0.3, 0.4) is 0 Å². The standard InChI is InChI=1S/C13H11ClN2OS/c1-18-13-15-11(8-12(17)16-13)10(14)7-9-5-3-2-4-6-9/h2-8H,1H3,(H,15,16,17)/b10-7-. The van der Waals surface area contributed by atoms with Crippen LogP contribution in [-0.2, 0) is 0 Å². The van der Waals surface area contributed by atoms with Crippen molar-refractivity contribution in [1.29, 1.82) is 0 Å². The van der Waals surface area contributed by atoms with Crippen LogP contribution in [0.15, 0.2) is 46.3 Å². The van der Waals surface area contributed by atoms with Crippen molar-refractivity contribution in [2.24, 2.45) is 0 Å². The molecule has 0 atom stereocenters. The molecule has 0 bridgehead atoms. The molecule has 1 heterocycles. The number of thioether (sulfide) groups is 1. The molecule has 0 spiro atoms. The fourth-order valence-corrected chi connectivity index (χ4v) is 2.04. The predicted molar refractivity (Wildman–Crippen MR) is 76.8 cm³/mol. The van der Waals surface area contributed by atoms with Gasteiger partial charge in [0.15, 0.2) is 5.16 Å². The van der Waals surface area contributed by atoms with Gasteiger partial charge in [0.1, 0.15) is 0 Å². The van der Waals surface area contributed by atoms with E-state index in [2.05, 4.69) is 9.97 Å². The maximum absolute atomic E-state index is 11.4. The van der Waals surface area contributed by atoms with Gasteiger partial charge < -0.3 is 4.98 Å². The van der Waals surface area contributed by atoms with Crippen LogP contribution >= 0.6 is 23.4 Å². The Kier molecular flexibility index (Phi) is 4.23. The first kappa shape index (κ1) is 12.9. The zero-order valence-corrected chi connectivity index (χ0v) is 11.3. The SMILES string of the molecule is CSc1nc(/C(Cl)=C/c2ccccc2)cc(=O)[nH]1. The first-order valence-corrected chi connectivity index (χ1v) is 6.87. The van der Waals surface area contributed by atoms with Crippen LogP contribution in [0.5, 0.6) is 0 Å². The molecule has 0 aliphatic carbocycles. The molecule has 5 heteroatoms. The molecule has 0 aliphatic heterocycles. The summed E-state index contributed by atoms with van der Waals surface area (Å²) in [5, 5.41) is 1.000. The molecule has 92 valence electrons. The van der Waals surface area contributed by atoms with Crippen molar-refractivity contribution in [2.45, 2.75) is 5.16 Å². The number of rotatable bonds is 3. The monoisotopic (exact) mass is 278 g/mol. The summed E-state index contributed by atoms with van der Waals surface area (Å²) < 4.78 is 0. The van der Waals surface area contributed by atoms with Crippen LogP contribution in [-0.4, -0.2) is 16.2 Å². The van der Waals surface area contributed by atoms with Gasteiger partial charge in [0.05, 0.1) is 10.7 Å². The van der Waals surface area contributed by atoms with E-state index in [0.29, 0.717) is 15.9 Å². The summed E-state index contributed by atoms with van der Waals surface area (Å²) in [6.45, 7) is 0. The first-order chi connectivity index (χ1) is 8.69. The van der Waals surface area contributed by atoms with Crippen LogP contribution < -0.4 is 5.56 Å². The van der Waals surface area contributed by atoms with E-state index in [1.807, 2.05) is 36.6 Å². The van der Waals surface area contributed by atoms with Crippen LogP contribution in [0.2, 0.25) is 0 Å². The predicted octanol–water partition coefficient (Wildman–Crippen LogP) is 3.23. The minimum Gasteiger partial charge on any atom is -0.301 e. The van der Waals surface area contributed by atoms with Crippen molar-refractivity contribution in [1.82, 2.24) is 9.97 Å². The third-order valence-electron chi connectivity index (χ3n) is 2.25. The van der Waals surface area contributed by atoms with Gasteiger partial charge in [0.2, 0.25) is 0 Å². The fraction of sp³-hybridized carbons (Fsp3) is 0.0769. The lowest BCUT2D eigenvalue weighted by molar-refractivity contribution is 0.930. The first-order valence-electron chi connectivity index (χ1n) is 5.27. The summed E-state index contributed by atoms with van der Waals surface area (Å²) >= 11 is 7.55. The molecule has 0 saturated heterocycles. The summed E-state index contributed by atoms with van der Waals surface area (Å²) in [7, 11) is 0. The topological polar surface area (TPSA) is 45.8 Å². The maximum atomic E-state index is 11.4. The van der Waals surface area contributed by atoms with Gasteiger partial charge >= 0.3 is 0 Å². The number of aromatic amines is 1. The molecule has 1 N–H and O–H groups in total. The minimum atomic E-state index is -0.205. The van der Waals surface area contributed by atoms with Crippen LogP contribution in [0.4, 0.5) is 0 Å². The maximum Gasteiger partial charge on any atom is 0.252 e. The molecule has 0 aliphatic rings. The zero-order valence-electron chi connectivity index (χ0n) is 9.68. The average Bonchev–Trinajstić information content (AvgIpc) is 2.39. The molecule has 2 rings (SSSR count). The quantitative estimate of drug-likeness (QED) is 0.693. The summed E-state index contributed by atoms with van der Waals surface area (Å²) in [5.41, 5.74) is 1.24. The van der Waals surface area contributed by atoms with Gasteiger partial charge in [-0.2, -0.15) is 0 Å². The molecule has 0 amide bonds. The summed E-state index contributed by atoms with van der Waals surface area (Å²) in [6.07, 6.45) is 3.63. The molecule has 1 aromatic heterocycles. The highest BCUT2D eigenvalue weighted by atomic mass is 35.5. The third kappa shape index (κ3) is 3.24. The molecule has 0 radical (unpaired) electrons. The number of H-pyrrole nitrogens is 1. The lowest BCUT2D eigenvalue weighted by Crippen LogP contribution is -2.08. The van der Waals surface area contributed by atoms with Gasteiger partial charge in [-0.3, -0.25) is 4.79 Å². The number of halogens is 1. The van der Waals surface area contributed by atoms with Crippen molar-refractivity contribution >= 4 is 34.5 Å². The van der Waals surface area contributed by atoms with Crippen molar-refractivity contribution in [3.63, 3.8) is 0 Å². The minimum absolute atomic E-state index is 0.205. The summed E-state index contributed by atoms with van der Waals surface area (Å²) in [6, 6.07) is 11.0. The van der Waals surface area contributed by atoms with Crippen LogP contribution in [0.1, 0.15) is 11.3 Å². The smallest absolute Gasteiger partial charge is 0.252 e. The summed E-state index contributed by atoms with van der Waals surface area (Å²) in [4.78, 5) is 18.3. The van der Waals surface area contributed by atoms with Crippen molar-refractivity contribution < 1.29 is 0 Å². The van der Waals surface area contributed by atoms with E-state index >= 15 is 0 Å². The fourth-order valence-electron chi connectivity index (χ4n) is 1.42. The number of hydrogen-bond donors (Lipinski definition) is 1. The summed E-state index contributed by atoms with van der Waals surface area (Å²) in [5.74, 6) is 0. The molecule has 18 heavy (non-hydrogen) atoms. The Morgan fingerprint density at radius 2 is 2.11 bits per heavy atom. The van der Waals surface area contributed by atoms with Gasteiger partial charge in [-0.1, -0.05) is 53.7 Å². The Balaban J connectivity index is 2.40. The number of aromatic nitrogens is 2. The third-order valence-corrected chi connectivity index (χ3v) is 3.13. The van der Waals surface area contributed by atoms with Gasteiger partial charge in [0, 0.05) is 6.07 Å². The Labute approximate surface area is 114 Å². The van der Waals surface area contributed by atoms with Crippen molar-refractivity contribution in [3.05, 3.63) is 58.0 Å². The number of nitrogens with one attached hydrogen (secondary N) is 1. The van der Waals surface area contributed by atoms with E-state index in [1.54, 1.807) is 6.08 Å². The van der Waals surface area contributed by atoms with Gasteiger partial charge in [-0.05, 0) is 17.9 Å². The zero-order chi connectivity index (χ0) is 13.0. The highest BCUT2D eigenvalue weighted by Crippen LogP contribution is 2.20. The van der Waals surface area contributed by atoms with Gasteiger partial charge in [-0.25, -0.2) is 4.98 Å². The molecule has 1 aromatic carbocycles. The lowest BCUT2D eigenvalue weighted by Gasteiger charge is -2.01. The highest BCUT2D eigenvalue weighted by Gasteiger charge is 2.04.